The number of aliphatic carboxylic acids is 1. The van der Waals surface area contributed by atoms with Crippen molar-refractivity contribution in [1.82, 2.24) is 15.6 Å². The normalized spacial score (nSPS) is 11.1. The van der Waals surface area contributed by atoms with Crippen molar-refractivity contribution in [2.75, 3.05) is 18.4 Å². The molecule has 0 aliphatic rings. The van der Waals surface area contributed by atoms with Crippen LogP contribution in [-0.2, 0) is 14.4 Å². The van der Waals surface area contributed by atoms with Crippen molar-refractivity contribution >= 4 is 70.4 Å². The van der Waals surface area contributed by atoms with E-state index in [-0.39, 0.29) is 59.0 Å². The van der Waals surface area contributed by atoms with Crippen LogP contribution in [0.1, 0.15) is 49.3 Å². The molecule has 0 fully saturated rings. The second kappa shape index (κ2) is 16.1. The van der Waals surface area contributed by atoms with E-state index in [1.165, 1.54) is 12.1 Å². The maximum absolute atomic E-state index is 12.3. The fourth-order valence-electron chi connectivity index (χ4n) is 3.26. The van der Waals surface area contributed by atoms with Gasteiger partial charge in [0.1, 0.15) is 10.8 Å². The van der Waals surface area contributed by atoms with Gasteiger partial charge in [0.15, 0.2) is 0 Å². The monoisotopic (exact) mass is 529 g/mol. The molecule has 13 heteroatoms. The summed E-state index contributed by atoms with van der Waals surface area (Å²) in [6, 6.07) is 6.64. The number of carboxylic acid groups (broad SMARTS) is 1. The molecule has 0 bridgehead atoms. The molecule has 11 nitrogen and oxygen atoms in total. The van der Waals surface area contributed by atoms with E-state index in [0.717, 1.165) is 36.8 Å². The number of hydrogen-bond acceptors (Lipinski definition) is 7. The Morgan fingerprint density at radius 1 is 1.14 bits per heavy atom. The first kappa shape index (κ1) is 31.3. The van der Waals surface area contributed by atoms with Crippen LogP contribution in [0.2, 0.25) is 5.02 Å². The van der Waals surface area contributed by atoms with Crippen molar-refractivity contribution in [3.8, 4) is 0 Å². The maximum atomic E-state index is 12.3. The summed E-state index contributed by atoms with van der Waals surface area (Å²) in [6.07, 6.45) is 3.80. The summed E-state index contributed by atoms with van der Waals surface area (Å²) in [7, 11) is 0. The van der Waals surface area contributed by atoms with Gasteiger partial charge in [-0.25, -0.2) is 4.98 Å². The Kier molecular flexibility index (Phi) is 14.0. The topological polar surface area (TPSA) is 164 Å². The van der Waals surface area contributed by atoms with Crippen LogP contribution in [-0.4, -0.2) is 75.4 Å². The van der Waals surface area contributed by atoms with Gasteiger partial charge in [-0.2, -0.15) is 0 Å². The quantitative estimate of drug-likeness (QED) is 0.125. The van der Waals surface area contributed by atoms with Gasteiger partial charge in [0.05, 0.1) is 23.9 Å². The summed E-state index contributed by atoms with van der Waals surface area (Å²) in [4.78, 5) is 50.2. The average molecular weight is 530 g/mol. The Bertz CT molecular complexity index is 1070. The third-order valence-corrected chi connectivity index (χ3v) is 5.35. The van der Waals surface area contributed by atoms with Crippen LogP contribution < -0.4 is 16.0 Å². The molecule has 2 aromatic rings. The number of carbonyl (C=O) groups is 3. The molecule has 1 unspecified atom stereocenters. The number of nitro benzene ring substituents is 1. The SMILES string of the molecule is Cc1ccnc(NCCCCCC(=O)NCC(=O)NC(CC(=O)O)c2ccc(Cl)c([N+](=O)[O-])c2)c1.[NaH]. The standard InChI is InChI=1S/C23H28ClN5O6.Na.H/c1-15-8-10-26-20(11-15)25-9-4-2-3-5-21(30)27-14-22(31)28-18(13-23(32)33)16-6-7-17(24)19(12-16)29(34)35;;/h6-8,10-12,18H,2-5,9,13-14H2,1H3,(H,25,26)(H,27,30)(H,28,31)(H,32,33);;. The molecule has 190 valence electrons. The summed E-state index contributed by atoms with van der Waals surface area (Å²) in [5.41, 5.74) is 0.942. The summed E-state index contributed by atoms with van der Waals surface area (Å²) in [6.45, 7) is 2.38. The number of pyridine rings is 1. The van der Waals surface area contributed by atoms with E-state index in [0.29, 0.717) is 6.42 Å². The van der Waals surface area contributed by atoms with Crippen LogP contribution in [0.5, 0.6) is 0 Å². The average Bonchev–Trinajstić information content (AvgIpc) is 2.79. The molecule has 0 aliphatic heterocycles. The number of nitrogens with zero attached hydrogens (tertiary/aromatic N) is 2. The van der Waals surface area contributed by atoms with Gasteiger partial charge in [0.2, 0.25) is 11.8 Å². The fraction of sp³-hybridized carbons (Fsp3) is 0.391. The van der Waals surface area contributed by atoms with Crippen LogP contribution in [0.15, 0.2) is 36.5 Å². The molecule has 1 heterocycles. The number of rotatable bonds is 14. The molecule has 0 spiro atoms. The number of nitrogens with one attached hydrogen (secondary N) is 3. The third kappa shape index (κ3) is 11.3. The molecule has 36 heavy (non-hydrogen) atoms. The Hall–Kier alpha value is -2.73. The van der Waals surface area contributed by atoms with Crippen LogP contribution in [0.3, 0.4) is 0 Å². The summed E-state index contributed by atoms with van der Waals surface area (Å²) in [5, 5.41) is 28.4. The Morgan fingerprint density at radius 3 is 2.56 bits per heavy atom. The molecule has 0 aliphatic carbocycles. The van der Waals surface area contributed by atoms with E-state index in [2.05, 4.69) is 20.9 Å². The van der Waals surface area contributed by atoms with Crippen LogP contribution in [0, 0.1) is 17.0 Å². The zero-order valence-electron chi connectivity index (χ0n) is 19.3. The van der Waals surface area contributed by atoms with Gasteiger partial charge in [-0.1, -0.05) is 24.1 Å². The zero-order chi connectivity index (χ0) is 25.8. The summed E-state index contributed by atoms with van der Waals surface area (Å²) >= 11 is 5.80. The Labute approximate surface area is 235 Å². The van der Waals surface area contributed by atoms with Gasteiger partial charge >= 0.3 is 35.5 Å². The summed E-state index contributed by atoms with van der Waals surface area (Å²) < 4.78 is 0. The Balaban J connectivity index is 0.00000648. The molecule has 2 amide bonds. The summed E-state index contributed by atoms with van der Waals surface area (Å²) in [5.74, 6) is -1.31. The third-order valence-electron chi connectivity index (χ3n) is 5.03. The number of aryl methyl sites for hydroxylation is 1. The molecule has 0 radical (unpaired) electrons. The molecule has 4 N–H and O–H groups in total. The minimum absolute atomic E-state index is 0. The van der Waals surface area contributed by atoms with Crippen molar-refractivity contribution in [3.05, 3.63) is 62.8 Å². The number of halogens is 1. The van der Waals surface area contributed by atoms with E-state index in [9.17, 15) is 24.5 Å². The first-order valence-corrected chi connectivity index (χ1v) is 11.4. The predicted molar refractivity (Wildman–Crippen MR) is 137 cm³/mol. The second-order valence-electron chi connectivity index (χ2n) is 7.92. The number of anilines is 1. The van der Waals surface area contributed by atoms with Crippen molar-refractivity contribution in [3.63, 3.8) is 0 Å². The molecular formula is C23H29ClN5NaO6. The van der Waals surface area contributed by atoms with Crippen LogP contribution in [0.25, 0.3) is 0 Å². The number of nitro groups is 1. The number of carbonyl (C=O) groups excluding carboxylic acids is 2. The molecular weight excluding hydrogens is 501 g/mol. The van der Waals surface area contributed by atoms with E-state index in [1.54, 1.807) is 6.20 Å². The van der Waals surface area contributed by atoms with Crippen molar-refractivity contribution < 1.29 is 24.4 Å². The van der Waals surface area contributed by atoms with Crippen molar-refractivity contribution in [1.29, 1.82) is 0 Å². The zero-order valence-corrected chi connectivity index (χ0v) is 20.0. The fourth-order valence-corrected chi connectivity index (χ4v) is 3.45. The minimum atomic E-state index is -1.20. The molecule has 1 aromatic carbocycles. The van der Waals surface area contributed by atoms with Gasteiger partial charge in [-0.05, 0) is 49.1 Å². The van der Waals surface area contributed by atoms with Gasteiger partial charge in [0, 0.05) is 25.2 Å². The number of hydrogen-bond donors (Lipinski definition) is 4. The number of carboxylic acids is 1. The first-order valence-electron chi connectivity index (χ1n) is 11.0. The van der Waals surface area contributed by atoms with E-state index in [4.69, 9.17) is 16.7 Å². The number of benzene rings is 1. The molecule has 1 atom stereocenters. The second-order valence-corrected chi connectivity index (χ2v) is 8.33. The van der Waals surface area contributed by atoms with Crippen LogP contribution >= 0.6 is 11.6 Å². The number of unbranched alkanes of at least 4 members (excludes halogenated alkanes) is 2. The van der Waals surface area contributed by atoms with E-state index in [1.807, 2.05) is 19.1 Å². The van der Waals surface area contributed by atoms with E-state index < -0.39 is 34.9 Å². The van der Waals surface area contributed by atoms with Crippen molar-refractivity contribution in [2.24, 2.45) is 0 Å². The predicted octanol–water partition coefficient (Wildman–Crippen LogP) is 2.72. The van der Waals surface area contributed by atoms with Gasteiger partial charge in [0.25, 0.3) is 5.69 Å². The Morgan fingerprint density at radius 2 is 1.89 bits per heavy atom. The van der Waals surface area contributed by atoms with Gasteiger partial charge < -0.3 is 21.1 Å². The van der Waals surface area contributed by atoms with Crippen LogP contribution in [0.4, 0.5) is 11.5 Å². The van der Waals surface area contributed by atoms with Gasteiger partial charge in [-0.3, -0.25) is 24.5 Å². The molecule has 1 aromatic heterocycles. The number of aromatic nitrogens is 1. The molecule has 0 saturated heterocycles. The molecule has 2 rings (SSSR count). The first-order chi connectivity index (χ1) is 16.7. The number of amides is 2. The molecule has 0 saturated carbocycles. The van der Waals surface area contributed by atoms with Gasteiger partial charge in [-0.15, -0.1) is 0 Å². The van der Waals surface area contributed by atoms with Crippen molar-refractivity contribution in [2.45, 2.75) is 45.1 Å². The van der Waals surface area contributed by atoms with E-state index >= 15 is 0 Å².